The van der Waals surface area contributed by atoms with Crippen LogP contribution in [0, 0.1) is 17.0 Å². The number of nitrogens with zero attached hydrogens (tertiary/aromatic N) is 1. The maximum atomic E-state index is 14.1. The molecule has 4 N–H and O–H groups in total. The molecule has 30 heavy (non-hydrogen) atoms. The number of halogens is 2. The number of H-pyrrole nitrogens is 1. The maximum absolute atomic E-state index is 14.1. The number of hydroxylamine groups is 1. The van der Waals surface area contributed by atoms with Gasteiger partial charge in [-0.3, -0.25) is 21.2 Å². The van der Waals surface area contributed by atoms with E-state index in [0.717, 1.165) is 40.9 Å². The van der Waals surface area contributed by atoms with E-state index in [-0.39, 0.29) is 11.4 Å². The second-order valence-electron chi connectivity index (χ2n) is 7.13. The third-order valence-electron chi connectivity index (χ3n) is 5.02. The molecule has 0 amide bonds. The summed E-state index contributed by atoms with van der Waals surface area (Å²) in [5, 5.41) is 25.5. The molecule has 0 atom stereocenters. The minimum atomic E-state index is -0.715. The highest BCUT2D eigenvalue weighted by Crippen LogP contribution is 2.38. The molecule has 5 nitrogen and oxygen atoms in total. The molecule has 4 aromatic rings. The Hall–Kier alpha value is -3.58. The van der Waals surface area contributed by atoms with Gasteiger partial charge >= 0.3 is 0 Å². The predicted molar refractivity (Wildman–Crippen MR) is 113 cm³/mol. The van der Waals surface area contributed by atoms with Crippen molar-refractivity contribution in [3.8, 4) is 22.3 Å². The van der Waals surface area contributed by atoms with Crippen molar-refractivity contribution in [2.45, 2.75) is 19.8 Å². The molecule has 1 heterocycles. The quantitative estimate of drug-likeness (QED) is 0.202. The summed E-state index contributed by atoms with van der Waals surface area (Å²) in [6.45, 7) is 2.04. The zero-order valence-electron chi connectivity index (χ0n) is 16.3. The number of benzene rings is 3. The number of nitrogens with one attached hydrogen (secondary N) is 3. The van der Waals surface area contributed by atoms with E-state index in [4.69, 9.17) is 5.41 Å². The van der Waals surface area contributed by atoms with Gasteiger partial charge in [-0.15, -0.1) is 0 Å². The fourth-order valence-electron chi connectivity index (χ4n) is 3.74. The average molecular weight is 406 g/mol. The van der Waals surface area contributed by atoms with Crippen molar-refractivity contribution in [2.24, 2.45) is 0 Å². The smallest absolute Gasteiger partial charge is 0.150 e. The largest absolute Gasteiger partial charge is 0.290 e. The minimum Gasteiger partial charge on any atom is -0.290 e. The van der Waals surface area contributed by atoms with Crippen LogP contribution >= 0.6 is 0 Å². The first-order valence-electron chi connectivity index (χ1n) is 9.56. The summed E-state index contributed by atoms with van der Waals surface area (Å²) in [6.07, 6.45) is 3.34. The summed E-state index contributed by atoms with van der Waals surface area (Å²) in [6, 6.07) is 12.7. The summed E-state index contributed by atoms with van der Waals surface area (Å²) in [5.41, 5.74) is 6.32. The van der Waals surface area contributed by atoms with Gasteiger partial charge in [-0.25, -0.2) is 8.78 Å². The molecule has 4 rings (SSSR count). The van der Waals surface area contributed by atoms with Gasteiger partial charge in [0.15, 0.2) is 0 Å². The van der Waals surface area contributed by atoms with Gasteiger partial charge in [0.1, 0.15) is 17.5 Å². The molecule has 0 fully saturated rings. The maximum Gasteiger partial charge on any atom is 0.150 e. The van der Waals surface area contributed by atoms with Crippen molar-refractivity contribution in [2.75, 3.05) is 0 Å². The van der Waals surface area contributed by atoms with Crippen molar-refractivity contribution in [3.63, 3.8) is 0 Å². The Morgan fingerprint density at radius 2 is 1.83 bits per heavy atom. The Labute approximate surface area is 171 Å². The van der Waals surface area contributed by atoms with E-state index in [0.29, 0.717) is 16.7 Å². The SMILES string of the molecule is CCCc1cc(C(=N)NO)c(-c2cc(F)cc(F)c2)c(-c2ccc3[nH]ncc3c2)c1. The molecule has 0 aliphatic rings. The van der Waals surface area contributed by atoms with Gasteiger partial charge in [-0.2, -0.15) is 5.10 Å². The van der Waals surface area contributed by atoms with Crippen molar-refractivity contribution >= 4 is 16.7 Å². The van der Waals surface area contributed by atoms with E-state index in [1.54, 1.807) is 12.3 Å². The molecule has 0 aliphatic carbocycles. The van der Waals surface area contributed by atoms with Crippen molar-refractivity contribution in [3.05, 3.63) is 77.5 Å². The van der Waals surface area contributed by atoms with Gasteiger partial charge < -0.3 is 0 Å². The summed E-state index contributed by atoms with van der Waals surface area (Å²) in [7, 11) is 0. The Morgan fingerprint density at radius 1 is 1.07 bits per heavy atom. The van der Waals surface area contributed by atoms with Crippen LogP contribution < -0.4 is 5.48 Å². The van der Waals surface area contributed by atoms with Crippen molar-refractivity contribution < 1.29 is 14.0 Å². The molecular formula is C23H20F2N4O. The number of rotatable bonds is 5. The number of hydrogen-bond acceptors (Lipinski definition) is 3. The molecule has 0 bridgehead atoms. The standard InChI is InChI=1S/C23H20F2N4O/c1-2-3-13-6-19(14-4-5-21-16(8-14)12-27-28-21)22(20(7-13)23(26)29-30)15-9-17(24)11-18(25)10-15/h4-12,30H,2-3H2,1H3,(H2,26,29)(H,27,28). The van der Waals surface area contributed by atoms with Gasteiger partial charge in [0.2, 0.25) is 0 Å². The zero-order chi connectivity index (χ0) is 21.3. The van der Waals surface area contributed by atoms with Crippen molar-refractivity contribution in [1.29, 1.82) is 5.41 Å². The van der Waals surface area contributed by atoms with Crippen LogP contribution in [-0.2, 0) is 6.42 Å². The van der Waals surface area contributed by atoms with Crippen LogP contribution in [-0.4, -0.2) is 21.2 Å². The molecule has 0 saturated carbocycles. The van der Waals surface area contributed by atoms with E-state index in [1.165, 1.54) is 12.1 Å². The zero-order valence-corrected chi connectivity index (χ0v) is 16.3. The van der Waals surface area contributed by atoms with Crippen LogP contribution in [0.1, 0.15) is 24.5 Å². The van der Waals surface area contributed by atoms with Crippen LogP contribution in [0.25, 0.3) is 33.2 Å². The van der Waals surface area contributed by atoms with Crippen molar-refractivity contribution in [1.82, 2.24) is 15.7 Å². The first kappa shape index (κ1) is 19.7. The number of fused-ring (bicyclic) bond motifs is 1. The molecule has 152 valence electrons. The normalized spacial score (nSPS) is 11.1. The van der Waals surface area contributed by atoms with E-state index >= 15 is 0 Å². The lowest BCUT2D eigenvalue weighted by atomic mass is 9.87. The van der Waals surface area contributed by atoms with Gasteiger partial charge in [-0.05, 0) is 59.0 Å². The molecule has 0 unspecified atom stereocenters. The van der Waals surface area contributed by atoms with Crippen LogP contribution in [0.4, 0.5) is 8.78 Å². The highest BCUT2D eigenvalue weighted by molar-refractivity contribution is 6.06. The number of amidine groups is 1. The summed E-state index contributed by atoms with van der Waals surface area (Å²) in [5.74, 6) is -1.68. The highest BCUT2D eigenvalue weighted by Gasteiger charge is 2.19. The number of aryl methyl sites for hydroxylation is 1. The van der Waals surface area contributed by atoms with Gasteiger partial charge in [0, 0.05) is 22.6 Å². The van der Waals surface area contributed by atoms with Gasteiger partial charge in [0.25, 0.3) is 0 Å². The van der Waals surface area contributed by atoms with E-state index in [9.17, 15) is 14.0 Å². The summed E-state index contributed by atoms with van der Waals surface area (Å²) >= 11 is 0. The monoisotopic (exact) mass is 406 g/mol. The molecule has 1 aromatic heterocycles. The predicted octanol–water partition coefficient (Wildman–Crippen LogP) is 5.43. The average Bonchev–Trinajstić information content (AvgIpc) is 3.20. The summed E-state index contributed by atoms with van der Waals surface area (Å²) in [4.78, 5) is 0. The minimum absolute atomic E-state index is 0.252. The molecule has 0 saturated heterocycles. The third-order valence-corrected chi connectivity index (χ3v) is 5.02. The van der Waals surface area contributed by atoms with Crippen LogP contribution in [0.2, 0.25) is 0 Å². The Kier molecular flexibility index (Phi) is 5.29. The Bertz CT molecular complexity index is 1230. The molecule has 7 heteroatoms. The van der Waals surface area contributed by atoms with Gasteiger partial charge in [0.05, 0.1) is 11.7 Å². The lowest BCUT2D eigenvalue weighted by molar-refractivity contribution is 0.234. The highest BCUT2D eigenvalue weighted by atomic mass is 19.1. The van der Waals surface area contributed by atoms with E-state index in [2.05, 4.69) is 10.2 Å². The number of aromatic amines is 1. The lowest BCUT2D eigenvalue weighted by Gasteiger charge is -2.18. The number of hydrogen-bond donors (Lipinski definition) is 4. The Morgan fingerprint density at radius 3 is 2.53 bits per heavy atom. The first-order chi connectivity index (χ1) is 14.5. The lowest BCUT2D eigenvalue weighted by Crippen LogP contribution is -2.20. The topological polar surface area (TPSA) is 84.8 Å². The fourth-order valence-corrected chi connectivity index (χ4v) is 3.74. The summed E-state index contributed by atoms with van der Waals surface area (Å²) < 4.78 is 28.1. The second-order valence-corrected chi connectivity index (χ2v) is 7.13. The van der Waals surface area contributed by atoms with Crippen LogP contribution in [0.5, 0.6) is 0 Å². The van der Waals surface area contributed by atoms with Crippen LogP contribution in [0.3, 0.4) is 0 Å². The van der Waals surface area contributed by atoms with Crippen LogP contribution in [0.15, 0.2) is 54.7 Å². The first-order valence-corrected chi connectivity index (χ1v) is 9.56. The molecule has 3 aromatic carbocycles. The molecule has 0 spiro atoms. The molecule has 0 aliphatic heterocycles. The van der Waals surface area contributed by atoms with Gasteiger partial charge in [-0.1, -0.05) is 25.5 Å². The van der Waals surface area contributed by atoms with E-state index < -0.39 is 11.6 Å². The third kappa shape index (κ3) is 3.67. The Balaban J connectivity index is 2.07. The van der Waals surface area contributed by atoms with E-state index in [1.807, 2.05) is 36.7 Å². The second kappa shape index (κ2) is 8.04. The molecule has 0 radical (unpaired) electrons. The molecular weight excluding hydrogens is 386 g/mol. The number of aromatic nitrogens is 2. The fraction of sp³-hybridized carbons (Fsp3) is 0.130.